The van der Waals surface area contributed by atoms with Gasteiger partial charge in [-0.2, -0.15) is 0 Å². The summed E-state index contributed by atoms with van der Waals surface area (Å²) in [4.78, 5) is 38.3. The zero-order valence-corrected chi connectivity index (χ0v) is 21.8. The van der Waals surface area contributed by atoms with Crippen LogP contribution in [-0.4, -0.2) is 29.3 Å². The Bertz CT molecular complexity index is 1330. The summed E-state index contributed by atoms with van der Waals surface area (Å²) in [6.45, 7) is -0.248. The average Bonchev–Trinajstić information content (AvgIpc) is 3.08. The molecule has 1 heterocycles. The fraction of sp³-hybridized carbons (Fsp3) is 0.0800. The smallest absolute Gasteiger partial charge is 0.329 e. The fourth-order valence-electron chi connectivity index (χ4n) is 3.27. The number of ether oxygens (including phenoxy) is 1. The Kier molecular flexibility index (Phi) is 7.81. The summed E-state index contributed by atoms with van der Waals surface area (Å²) in [5.41, 5.74) is 1.49. The molecule has 178 valence electrons. The van der Waals surface area contributed by atoms with Crippen LogP contribution in [0, 0.1) is 9.39 Å². The highest BCUT2D eigenvalue weighted by molar-refractivity contribution is 14.1. The van der Waals surface area contributed by atoms with Gasteiger partial charge in [-0.05, 0) is 76.7 Å². The van der Waals surface area contributed by atoms with Crippen LogP contribution in [0.3, 0.4) is 0 Å². The molecule has 0 aromatic heterocycles. The van der Waals surface area contributed by atoms with Gasteiger partial charge in [0.1, 0.15) is 30.4 Å². The van der Waals surface area contributed by atoms with E-state index >= 15 is 0 Å². The van der Waals surface area contributed by atoms with Crippen molar-refractivity contribution in [2.45, 2.75) is 6.61 Å². The lowest BCUT2D eigenvalue weighted by molar-refractivity contribution is -0.127. The van der Waals surface area contributed by atoms with Gasteiger partial charge in [0.2, 0.25) is 5.91 Å². The number of anilines is 1. The predicted molar refractivity (Wildman–Crippen MR) is 141 cm³/mol. The molecule has 7 nitrogen and oxygen atoms in total. The molecule has 10 heteroatoms. The number of nitrogens with zero attached hydrogens (tertiary/aromatic N) is 1. The molecule has 3 aromatic rings. The van der Waals surface area contributed by atoms with Gasteiger partial charge < -0.3 is 15.4 Å². The highest BCUT2D eigenvalue weighted by Crippen LogP contribution is 2.27. The number of nitrogens with one attached hydrogen (secondary N) is 2. The molecule has 0 radical (unpaired) electrons. The van der Waals surface area contributed by atoms with Gasteiger partial charge in [-0.1, -0.05) is 40.2 Å². The van der Waals surface area contributed by atoms with Crippen molar-refractivity contribution in [3.05, 3.63) is 97.4 Å². The molecular formula is C25H18BrFIN3O4. The Morgan fingerprint density at radius 2 is 1.86 bits per heavy atom. The molecule has 4 amide bonds. The molecule has 1 saturated heterocycles. The molecule has 0 aliphatic carbocycles. The second-order valence-electron chi connectivity index (χ2n) is 7.50. The molecule has 0 saturated carbocycles. The van der Waals surface area contributed by atoms with E-state index in [1.54, 1.807) is 24.3 Å². The minimum atomic E-state index is -0.749. The van der Waals surface area contributed by atoms with Crippen LogP contribution in [0.4, 0.5) is 14.9 Å². The van der Waals surface area contributed by atoms with Gasteiger partial charge in [0, 0.05) is 13.6 Å². The zero-order chi connectivity index (χ0) is 24.9. The quantitative estimate of drug-likeness (QED) is 0.207. The number of imide groups is 1. The lowest BCUT2D eigenvalue weighted by Gasteiger charge is -2.12. The molecule has 0 atom stereocenters. The Morgan fingerprint density at radius 1 is 1.11 bits per heavy atom. The molecule has 3 aromatic carbocycles. The Balaban J connectivity index is 1.48. The van der Waals surface area contributed by atoms with Gasteiger partial charge in [0.05, 0.1) is 5.69 Å². The Hall–Kier alpha value is -3.25. The topological polar surface area (TPSA) is 87.7 Å². The van der Waals surface area contributed by atoms with E-state index in [9.17, 15) is 18.8 Å². The van der Waals surface area contributed by atoms with E-state index in [2.05, 4.69) is 49.2 Å². The molecule has 4 rings (SSSR count). The normalized spacial score (nSPS) is 14.3. The highest BCUT2D eigenvalue weighted by atomic mass is 127. The van der Waals surface area contributed by atoms with Crippen molar-refractivity contribution >= 4 is 68.1 Å². The van der Waals surface area contributed by atoms with Crippen molar-refractivity contribution in [3.8, 4) is 5.75 Å². The van der Waals surface area contributed by atoms with Gasteiger partial charge >= 0.3 is 6.03 Å². The molecule has 1 aliphatic rings. The zero-order valence-electron chi connectivity index (χ0n) is 18.1. The number of rotatable bonds is 7. The van der Waals surface area contributed by atoms with Crippen molar-refractivity contribution in [1.82, 2.24) is 10.2 Å². The maximum absolute atomic E-state index is 13.8. The number of carbonyl (C=O) groups excluding carboxylic acids is 3. The maximum atomic E-state index is 13.8. The van der Waals surface area contributed by atoms with Crippen molar-refractivity contribution in [2.75, 3.05) is 11.9 Å². The monoisotopic (exact) mass is 649 g/mol. The summed E-state index contributed by atoms with van der Waals surface area (Å²) in [6, 6.07) is 18.1. The van der Waals surface area contributed by atoms with Crippen molar-refractivity contribution in [3.63, 3.8) is 0 Å². The van der Waals surface area contributed by atoms with E-state index in [-0.39, 0.29) is 11.4 Å². The fourth-order valence-corrected chi connectivity index (χ4v) is 4.01. The second-order valence-corrected chi connectivity index (χ2v) is 9.67. The third-order valence-electron chi connectivity index (χ3n) is 4.99. The molecule has 0 bridgehead atoms. The van der Waals surface area contributed by atoms with Crippen LogP contribution in [0.1, 0.15) is 11.1 Å². The van der Waals surface area contributed by atoms with Crippen LogP contribution < -0.4 is 15.4 Å². The van der Waals surface area contributed by atoms with E-state index in [0.29, 0.717) is 17.9 Å². The minimum absolute atomic E-state index is 0.00842. The number of benzene rings is 3. The third-order valence-corrected chi connectivity index (χ3v) is 6.20. The number of halogens is 3. The first-order valence-electron chi connectivity index (χ1n) is 10.4. The van der Waals surface area contributed by atoms with Crippen LogP contribution in [-0.2, 0) is 16.2 Å². The standard InChI is InChI=1S/C25H18BrFIN3O4/c26-17-7-10-22(35-14-15-5-8-18(28)9-6-15)16(11-17)12-21-24(33)31(25(34)30-21)13-23(32)29-20-4-2-1-3-19(20)27/h1-12H,13-14H2,(H,29,32)(H,30,34)/b21-12+. The summed E-state index contributed by atoms with van der Waals surface area (Å²) in [5, 5.41) is 4.84. The second kappa shape index (κ2) is 11.0. The molecule has 1 fully saturated rings. The van der Waals surface area contributed by atoms with E-state index in [1.165, 1.54) is 24.3 Å². The Morgan fingerprint density at radius 3 is 2.60 bits per heavy atom. The van der Waals surface area contributed by atoms with Crippen molar-refractivity contribution < 1.29 is 23.5 Å². The molecule has 0 spiro atoms. The van der Waals surface area contributed by atoms with Gasteiger partial charge in [-0.15, -0.1) is 0 Å². The molecule has 2 N–H and O–H groups in total. The lowest BCUT2D eigenvalue weighted by atomic mass is 10.1. The molecular weight excluding hydrogens is 632 g/mol. The summed E-state index contributed by atoms with van der Waals surface area (Å²) in [5.74, 6) is -1.49. The van der Waals surface area contributed by atoms with Gasteiger partial charge in [-0.3, -0.25) is 9.59 Å². The number of para-hydroxylation sites is 1. The molecule has 0 unspecified atom stereocenters. The first-order chi connectivity index (χ1) is 16.8. The van der Waals surface area contributed by atoms with Crippen LogP contribution >= 0.6 is 38.5 Å². The van der Waals surface area contributed by atoms with E-state index in [1.807, 2.05) is 24.3 Å². The number of hydrogen-bond donors (Lipinski definition) is 2. The number of carbonyl (C=O) groups is 3. The third kappa shape index (κ3) is 6.25. The van der Waals surface area contributed by atoms with Crippen molar-refractivity contribution in [1.29, 1.82) is 0 Å². The van der Waals surface area contributed by atoms with Gasteiger partial charge in [-0.25, -0.2) is 14.1 Å². The number of amides is 4. The van der Waals surface area contributed by atoms with Crippen LogP contribution in [0.5, 0.6) is 5.75 Å². The van der Waals surface area contributed by atoms with E-state index in [0.717, 1.165) is 18.5 Å². The van der Waals surface area contributed by atoms with Crippen LogP contribution in [0.25, 0.3) is 6.08 Å². The summed E-state index contributed by atoms with van der Waals surface area (Å²) >= 11 is 5.63. The number of urea groups is 1. The summed E-state index contributed by atoms with van der Waals surface area (Å²) in [6.07, 6.45) is 1.49. The number of hydrogen-bond acceptors (Lipinski definition) is 4. The van der Waals surface area contributed by atoms with Crippen molar-refractivity contribution in [2.24, 2.45) is 0 Å². The first kappa shape index (κ1) is 24.9. The van der Waals surface area contributed by atoms with E-state index in [4.69, 9.17) is 4.74 Å². The SMILES string of the molecule is O=C(CN1C(=O)N/C(=C/c2cc(Br)ccc2OCc2ccc(I)cc2)C1=O)Nc1ccccc1F. The van der Waals surface area contributed by atoms with Gasteiger partial charge in [0.15, 0.2) is 0 Å². The Labute approximate surface area is 222 Å². The predicted octanol–water partition coefficient (Wildman–Crippen LogP) is 5.30. The van der Waals surface area contributed by atoms with Crippen LogP contribution in [0.15, 0.2) is 76.9 Å². The molecule has 35 heavy (non-hydrogen) atoms. The maximum Gasteiger partial charge on any atom is 0.329 e. The summed E-state index contributed by atoms with van der Waals surface area (Å²) < 4.78 is 21.6. The first-order valence-corrected chi connectivity index (χ1v) is 12.2. The highest BCUT2D eigenvalue weighted by Gasteiger charge is 2.35. The summed E-state index contributed by atoms with van der Waals surface area (Å²) in [7, 11) is 0. The van der Waals surface area contributed by atoms with E-state index < -0.39 is 30.2 Å². The minimum Gasteiger partial charge on any atom is -0.488 e. The van der Waals surface area contributed by atoms with Gasteiger partial charge in [0.25, 0.3) is 5.91 Å². The molecule has 1 aliphatic heterocycles. The van der Waals surface area contributed by atoms with Crippen LogP contribution in [0.2, 0.25) is 0 Å². The average molecular weight is 650 g/mol. The lowest BCUT2D eigenvalue weighted by Crippen LogP contribution is -2.38. The largest absolute Gasteiger partial charge is 0.488 e.